The zero-order valence-electron chi connectivity index (χ0n) is 16.9. The van der Waals surface area contributed by atoms with Gasteiger partial charge < -0.3 is 24.3 Å². The lowest BCUT2D eigenvalue weighted by Gasteiger charge is -2.13. The van der Waals surface area contributed by atoms with E-state index in [-0.39, 0.29) is 5.56 Å². The number of carbonyl (C=O) groups excluding carboxylic acids is 2. The summed E-state index contributed by atoms with van der Waals surface area (Å²) in [6.45, 7) is -0.473. The van der Waals surface area contributed by atoms with Gasteiger partial charge in [0.2, 0.25) is 0 Å². The molecule has 0 spiro atoms. The van der Waals surface area contributed by atoms with Gasteiger partial charge in [-0.3, -0.25) is 4.79 Å². The Morgan fingerprint density at radius 3 is 2.13 bits per heavy atom. The average Bonchev–Trinajstić information content (AvgIpc) is 2.79. The molecule has 1 N–H and O–H groups in total. The molecule has 7 nitrogen and oxygen atoms in total. The van der Waals surface area contributed by atoms with Gasteiger partial charge in [0.15, 0.2) is 12.4 Å². The third-order valence-electron chi connectivity index (χ3n) is 4.15. The van der Waals surface area contributed by atoms with Crippen molar-refractivity contribution in [2.75, 3.05) is 26.1 Å². The Morgan fingerprint density at radius 2 is 1.48 bits per heavy atom. The summed E-state index contributed by atoms with van der Waals surface area (Å²) in [5, 5.41) is 2.69. The molecule has 8 heteroatoms. The van der Waals surface area contributed by atoms with E-state index in [1.165, 1.54) is 26.4 Å². The molecule has 0 bridgehead atoms. The molecular weight excluding hydrogens is 466 g/mol. The SMILES string of the molecule is COc1cc(C(=O)OCC(=O)Nc2ccccc2Oc2ccccc2)cc(OC)c1Br. The van der Waals surface area contributed by atoms with E-state index in [1.54, 1.807) is 36.4 Å². The lowest BCUT2D eigenvalue weighted by Crippen LogP contribution is -2.21. The summed E-state index contributed by atoms with van der Waals surface area (Å²) in [6.07, 6.45) is 0. The van der Waals surface area contributed by atoms with Crippen LogP contribution in [0.4, 0.5) is 5.69 Å². The number of rotatable bonds is 8. The van der Waals surface area contributed by atoms with Crippen molar-refractivity contribution in [2.45, 2.75) is 0 Å². The van der Waals surface area contributed by atoms with Crippen molar-refractivity contribution in [1.29, 1.82) is 0 Å². The topological polar surface area (TPSA) is 83.1 Å². The summed E-state index contributed by atoms with van der Waals surface area (Å²) >= 11 is 3.34. The van der Waals surface area contributed by atoms with Gasteiger partial charge in [0.25, 0.3) is 5.91 Å². The summed E-state index contributed by atoms with van der Waals surface area (Å²) in [5.41, 5.74) is 0.650. The second-order valence-corrected chi connectivity index (χ2v) is 7.02. The molecule has 0 aliphatic rings. The highest BCUT2D eigenvalue weighted by atomic mass is 79.9. The molecule has 31 heavy (non-hydrogen) atoms. The molecule has 3 aromatic carbocycles. The normalized spacial score (nSPS) is 10.2. The summed E-state index contributed by atoms with van der Waals surface area (Å²) in [5.74, 6) is 0.719. The highest BCUT2D eigenvalue weighted by Crippen LogP contribution is 2.35. The second-order valence-electron chi connectivity index (χ2n) is 6.23. The van der Waals surface area contributed by atoms with Crippen LogP contribution >= 0.6 is 15.9 Å². The van der Waals surface area contributed by atoms with Crippen molar-refractivity contribution in [3.05, 3.63) is 76.8 Å². The maximum atomic E-state index is 12.4. The molecule has 3 rings (SSSR count). The molecule has 1 amide bonds. The summed E-state index contributed by atoms with van der Waals surface area (Å²) in [7, 11) is 2.94. The number of para-hydroxylation sites is 3. The fraction of sp³-hybridized carbons (Fsp3) is 0.130. The van der Waals surface area contributed by atoms with Crippen molar-refractivity contribution >= 4 is 33.5 Å². The molecule has 160 valence electrons. The van der Waals surface area contributed by atoms with Crippen LogP contribution in [0.5, 0.6) is 23.0 Å². The van der Waals surface area contributed by atoms with Gasteiger partial charge in [-0.2, -0.15) is 0 Å². The van der Waals surface area contributed by atoms with Crippen LogP contribution in [0, 0.1) is 0 Å². The molecule has 0 heterocycles. The minimum Gasteiger partial charge on any atom is -0.495 e. The van der Waals surface area contributed by atoms with Gasteiger partial charge in [-0.1, -0.05) is 30.3 Å². The quantitative estimate of drug-likeness (QED) is 0.449. The smallest absolute Gasteiger partial charge is 0.338 e. The maximum absolute atomic E-state index is 12.4. The minimum atomic E-state index is -0.687. The van der Waals surface area contributed by atoms with E-state index in [1.807, 2.05) is 18.2 Å². The van der Waals surface area contributed by atoms with Gasteiger partial charge in [0, 0.05) is 0 Å². The Bertz CT molecular complexity index is 1050. The standard InChI is InChI=1S/C23H20BrNO6/c1-28-19-12-15(13-20(29-2)22(19)24)23(27)30-14-21(26)25-17-10-6-7-11-18(17)31-16-8-4-3-5-9-16/h3-13H,14H2,1-2H3,(H,25,26). The molecule has 0 radical (unpaired) electrons. The van der Waals surface area contributed by atoms with E-state index in [2.05, 4.69) is 21.2 Å². The van der Waals surface area contributed by atoms with Crippen LogP contribution in [0.3, 0.4) is 0 Å². The first-order valence-corrected chi connectivity index (χ1v) is 10.0. The summed E-state index contributed by atoms with van der Waals surface area (Å²) in [6, 6.07) is 19.2. The number of halogens is 1. The van der Waals surface area contributed by atoms with Crippen LogP contribution < -0.4 is 19.5 Å². The van der Waals surface area contributed by atoms with Crippen LogP contribution in [-0.2, 0) is 9.53 Å². The van der Waals surface area contributed by atoms with Gasteiger partial charge in [0.05, 0.1) is 25.5 Å². The van der Waals surface area contributed by atoms with E-state index in [4.69, 9.17) is 18.9 Å². The van der Waals surface area contributed by atoms with Crippen LogP contribution in [0.15, 0.2) is 71.2 Å². The number of esters is 1. The lowest BCUT2D eigenvalue weighted by atomic mass is 10.2. The van der Waals surface area contributed by atoms with Crippen molar-refractivity contribution in [3.63, 3.8) is 0 Å². The lowest BCUT2D eigenvalue weighted by molar-refractivity contribution is -0.119. The number of carbonyl (C=O) groups is 2. The highest BCUT2D eigenvalue weighted by molar-refractivity contribution is 9.10. The number of methoxy groups -OCH3 is 2. The first-order chi connectivity index (χ1) is 15.0. The van der Waals surface area contributed by atoms with Gasteiger partial charge in [-0.25, -0.2) is 4.79 Å². The Balaban J connectivity index is 1.64. The maximum Gasteiger partial charge on any atom is 0.338 e. The molecule has 0 fully saturated rings. The molecule has 0 aromatic heterocycles. The van der Waals surface area contributed by atoms with E-state index in [9.17, 15) is 9.59 Å². The highest BCUT2D eigenvalue weighted by Gasteiger charge is 2.17. The minimum absolute atomic E-state index is 0.192. The molecule has 0 saturated heterocycles. The average molecular weight is 486 g/mol. The number of anilines is 1. The molecular formula is C23H20BrNO6. The Hall–Kier alpha value is -3.52. The number of ether oxygens (including phenoxy) is 4. The first-order valence-electron chi connectivity index (χ1n) is 9.22. The van der Waals surface area contributed by atoms with E-state index < -0.39 is 18.5 Å². The van der Waals surface area contributed by atoms with Gasteiger partial charge in [-0.15, -0.1) is 0 Å². The third-order valence-corrected chi connectivity index (χ3v) is 4.93. The molecule has 0 atom stereocenters. The predicted octanol–water partition coefficient (Wildman–Crippen LogP) is 5.05. The van der Waals surface area contributed by atoms with Gasteiger partial charge in [0.1, 0.15) is 21.7 Å². The predicted molar refractivity (Wildman–Crippen MR) is 119 cm³/mol. The zero-order valence-corrected chi connectivity index (χ0v) is 18.5. The van der Waals surface area contributed by atoms with E-state index >= 15 is 0 Å². The number of benzene rings is 3. The molecule has 0 aliphatic heterocycles. The van der Waals surface area contributed by atoms with Crippen LogP contribution in [-0.4, -0.2) is 32.7 Å². The monoisotopic (exact) mass is 485 g/mol. The van der Waals surface area contributed by atoms with Crippen molar-refractivity contribution in [2.24, 2.45) is 0 Å². The summed E-state index contributed by atoms with van der Waals surface area (Å²) < 4.78 is 22.0. The van der Waals surface area contributed by atoms with E-state index in [0.29, 0.717) is 33.2 Å². The third kappa shape index (κ3) is 5.76. The van der Waals surface area contributed by atoms with Crippen LogP contribution in [0.2, 0.25) is 0 Å². The zero-order chi connectivity index (χ0) is 22.2. The molecule has 3 aromatic rings. The van der Waals surface area contributed by atoms with Crippen molar-refractivity contribution in [3.8, 4) is 23.0 Å². The molecule has 0 unspecified atom stereocenters. The fourth-order valence-electron chi connectivity index (χ4n) is 2.66. The van der Waals surface area contributed by atoms with Crippen molar-refractivity contribution in [1.82, 2.24) is 0 Å². The molecule has 0 saturated carbocycles. The van der Waals surface area contributed by atoms with Crippen LogP contribution in [0.25, 0.3) is 0 Å². The Kier molecular flexibility index (Phi) is 7.50. The van der Waals surface area contributed by atoms with Crippen LogP contribution in [0.1, 0.15) is 10.4 Å². The fourth-order valence-corrected chi connectivity index (χ4v) is 3.21. The van der Waals surface area contributed by atoms with E-state index in [0.717, 1.165) is 0 Å². The Morgan fingerprint density at radius 1 is 0.871 bits per heavy atom. The largest absolute Gasteiger partial charge is 0.495 e. The number of hydrogen-bond acceptors (Lipinski definition) is 6. The second kappa shape index (κ2) is 10.5. The van der Waals surface area contributed by atoms with Crippen molar-refractivity contribution < 1.29 is 28.5 Å². The number of nitrogens with one attached hydrogen (secondary N) is 1. The number of hydrogen-bond donors (Lipinski definition) is 1. The Labute approximate surface area is 188 Å². The van der Waals surface area contributed by atoms with Gasteiger partial charge >= 0.3 is 5.97 Å². The summed E-state index contributed by atoms with van der Waals surface area (Å²) in [4.78, 5) is 24.8. The molecule has 0 aliphatic carbocycles. The number of amides is 1. The van der Waals surface area contributed by atoms with Gasteiger partial charge in [-0.05, 0) is 52.3 Å². The first kappa shape index (κ1) is 22.2.